The van der Waals surface area contributed by atoms with Crippen LogP contribution in [-0.2, 0) is 0 Å². The molecule has 0 saturated carbocycles. The number of alkyl halides is 3. The Labute approximate surface area is 114 Å². The maximum atomic E-state index is 12.5. The van der Waals surface area contributed by atoms with Crippen LogP contribution in [0.25, 0.3) is 0 Å². The molecule has 1 aromatic carbocycles. The number of halogens is 3. The second-order valence-electron chi connectivity index (χ2n) is 4.15. The van der Waals surface area contributed by atoms with Gasteiger partial charge >= 0.3 is 0 Å². The van der Waals surface area contributed by atoms with Crippen molar-refractivity contribution in [1.82, 2.24) is 4.90 Å². The minimum Gasteiger partial charge on any atom is -0.332 e. The van der Waals surface area contributed by atoms with Crippen molar-refractivity contribution in [1.29, 1.82) is 0 Å². The molecule has 5 heteroatoms. The number of amides is 1. The number of benzene rings is 1. The molecule has 1 aromatic rings. The SMILES string of the molecule is Cc1ccc(C)c(C(=O)N(CCBr)CC(F)F)c1. The normalized spacial score (nSPS) is 10.8. The molecule has 0 aliphatic rings. The van der Waals surface area contributed by atoms with Crippen molar-refractivity contribution >= 4 is 21.8 Å². The van der Waals surface area contributed by atoms with Gasteiger partial charge in [-0.1, -0.05) is 33.6 Å². The second-order valence-corrected chi connectivity index (χ2v) is 4.94. The van der Waals surface area contributed by atoms with Crippen LogP contribution in [0.5, 0.6) is 0 Å². The lowest BCUT2D eigenvalue weighted by Gasteiger charge is -2.22. The highest BCUT2D eigenvalue weighted by Gasteiger charge is 2.20. The maximum Gasteiger partial charge on any atom is 0.255 e. The van der Waals surface area contributed by atoms with E-state index in [4.69, 9.17) is 0 Å². The van der Waals surface area contributed by atoms with E-state index >= 15 is 0 Å². The Balaban J connectivity index is 2.97. The van der Waals surface area contributed by atoms with Gasteiger partial charge in [-0.15, -0.1) is 0 Å². The zero-order chi connectivity index (χ0) is 13.7. The molecule has 18 heavy (non-hydrogen) atoms. The highest BCUT2D eigenvalue weighted by atomic mass is 79.9. The minimum atomic E-state index is -2.52. The fourth-order valence-electron chi connectivity index (χ4n) is 1.68. The Hall–Kier alpha value is -0.970. The van der Waals surface area contributed by atoms with Gasteiger partial charge in [0.05, 0.1) is 6.54 Å². The summed E-state index contributed by atoms with van der Waals surface area (Å²) in [7, 11) is 0. The molecule has 0 spiro atoms. The molecule has 100 valence electrons. The first-order valence-electron chi connectivity index (χ1n) is 5.66. The smallest absolute Gasteiger partial charge is 0.255 e. The number of hydrogen-bond acceptors (Lipinski definition) is 1. The van der Waals surface area contributed by atoms with E-state index in [2.05, 4.69) is 15.9 Å². The van der Waals surface area contributed by atoms with Crippen LogP contribution in [0, 0.1) is 13.8 Å². The highest BCUT2D eigenvalue weighted by Crippen LogP contribution is 2.14. The maximum absolute atomic E-state index is 12.5. The van der Waals surface area contributed by atoms with E-state index in [0.717, 1.165) is 11.1 Å². The van der Waals surface area contributed by atoms with Gasteiger partial charge in [0.2, 0.25) is 0 Å². The summed E-state index contributed by atoms with van der Waals surface area (Å²) in [5.41, 5.74) is 2.25. The third kappa shape index (κ3) is 4.05. The van der Waals surface area contributed by atoms with Crippen molar-refractivity contribution in [3.8, 4) is 0 Å². The Morgan fingerprint density at radius 1 is 1.39 bits per heavy atom. The Morgan fingerprint density at radius 2 is 2.06 bits per heavy atom. The van der Waals surface area contributed by atoms with Gasteiger partial charge in [0.1, 0.15) is 0 Å². The van der Waals surface area contributed by atoms with Gasteiger partial charge in [-0.25, -0.2) is 8.78 Å². The Morgan fingerprint density at radius 3 is 2.61 bits per heavy atom. The summed E-state index contributed by atoms with van der Waals surface area (Å²) >= 11 is 3.17. The van der Waals surface area contributed by atoms with Crippen LogP contribution >= 0.6 is 15.9 Å². The van der Waals surface area contributed by atoms with E-state index in [9.17, 15) is 13.6 Å². The van der Waals surface area contributed by atoms with E-state index in [-0.39, 0.29) is 12.5 Å². The molecule has 0 bridgehead atoms. The van der Waals surface area contributed by atoms with Gasteiger partial charge in [0.25, 0.3) is 12.3 Å². The molecule has 0 heterocycles. The van der Waals surface area contributed by atoms with E-state index in [1.54, 1.807) is 13.0 Å². The van der Waals surface area contributed by atoms with Gasteiger partial charge in [-0.3, -0.25) is 4.79 Å². The molecule has 0 radical (unpaired) electrons. The van der Waals surface area contributed by atoms with Gasteiger partial charge < -0.3 is 4.90 Å². The van der Waals surface area contributed by atoms with Crippen molar-refractivity contribution in [2.45, 2.75) is 20.3 Å². The molecule has 0 aliphatic heterocycles. The molecule has 0 aliphatic carbocycles. The summed E-state index contributed by atoms with van der Waals surface area (Å²) < 4.78 is 24.9. The predicted octanol–water partition coefficient (Wildman–Crippen LogP) is 3.41. The first-order chi connectivity index (χ1) is 8.45. The van der Waals surface area contributed by atoms with Crippen LogP contribution in [0.4, 0.5) is 8.78 Å². The zero-order valence-corrected chi connectivity index (χ0v) is 12.0. The zero-order valence-electron chi connectivity index (χ0n) is 10.4. The molecule has 2 nitrogen and oxygen atoms in total. The highest BCUT2D eigenvalue weighted by molar-refractivity contribution is 9.09. The largest absolute Gasteiger partial charge is 0.332 e. The summed E-state index contributed by atoms with van der Waals surface area (Å²) in [4.78, 5) is 13.4. The van der Waals surface area contributed by atoms with E-state index in [1.165, 1.54) is 4.90 Å². The van der Waals surface area contributed by atoms with E-state index in [1.807, 2.05) is 19.1 Å². The molecule has 0 saturated heterocycles. The van der Waals surface area contributed by atoms with Crippen LogP contribution in [-0.4, -0.2) is 35.7 Å². The Kier molecular flexibility index (Phi) is 5.72. The van der Waals surface area contributed by atoms with Crippen LogP contribution in [0.1, 0.15) is 21.5 Å². The van der Waals surface area contributed by atoms with Crippen molar-refractivity contribution in [2.75, 3.05) is 18.4 Å². The number of aryl methyl sites for hydroxylation is 2. The lowest BCUT2D eigenvalue weighted by Crippen LogP contribution is -2.36. The van der Waals surface area contributed by atoms with Crippen molar-refractivity contribution < 1.29 is 13.6 Å². The van der Waals surface area contributed by atoms with Gasteiger partial charge in [0.15, 0.2) is 0 Å². The number of carbonyl (C=O) groups excluding carboxylic acids is 1. The summed E-state index contributed by atoms with van der Waals surface area (Å²) in [5, 5.41) is 0.482. The summed E-state index contributed by atoms with van der Waals surface area (Å²) in [6.07, 6.45) is -2.52. The predicted molar refractivity (Wildman–Crippen MR) is 71.6 cm³/mol. The molecular formula is C13H16BrF2NO. The average Bonchev–Trinajstić information content (AvgIpc) is 2.30. The summed E-state index contributed by atoms with van der Waals surface area (Å²) in [6.45, 7) is 3.42. The molecule has 0 atom stereocenters. The van der Waals surface area contributed by atoms with Crippen molar-refractivity contribution in [2.24, 2.45) is 0 Å². The molecule has 1 amide bonds. The molecule has 1 rings (SSSR count). The van der Waals surface area contributed by atoms with E-state index in [0.29, 0.717) is 10.9 Å². The first kappa shape index (κ1) is 15.1. The third-order valence-electron chi connectivity index (χ3n) is 2.62. The fourth-order valence-corrected chi connectivity index (χ4v) is 2.11. The molecule has 0 fully saturated rings. The summed E-state index contributed by atoms with van der Waals surface area (Å²) in [6, 6.07) is 5.47. The van der Waals surface area contributed by atoms with Crippen molar-refractivity contribution in [3.63, 3.8) is 0 Å². The van der Waals surface area contributed by atoms with E-state index < -0.39 is 13.0 Å². The van der Waals surface area contributed by atoms with Crippen molar-refractivity contribution in [3.05, 3.63) is 34.9 Å². The monoisotopic (exact) mass is 319 g/mol. The molecule has 0 aromatic heterocycles. The average molecular weight is 320 g/mol. The van der Waals surface area contributed by atoms with Crippen LogP contribution in [0.15, 0.2) is 18.2 Å². The topological polar surface area (TPSA) is 20.3 Å². The molecule has 0 unspecified atom stereocenters. The number of hydrogen-bond donors (Lipinski definition) is 0. The lowest BCUT2D eigenvalue weighted by atomic mass is 10.0. The van der Waals surface area contributed by atoms with Crippen LogP contribution in [0.3, 0.4) is 0 Å². The summed E-state index contributed by atoms with van der Waals surface area (Å²) in [5.74, 6) is -0.337. The third-order valence-corrected chi connectivity index (χ3v) is 2.98. The standard InChI is InChI=1S/C13H16BrF2NO/c1-9-3-4-10(2)11(7-9)13(18)17(6-5-14)8-12(15)16/h3-4,7,12H,5-6,8H2,1-2H3. The first-order valence-corrected chi connectivity index (χ1v) is 6.78. The Bertz CT molecular complexity index is 423. The lowest BCUT2D eigenvalue weighted by molar-refractivity contribution is 0.0572. The quantitative estimate of drug-likeness (QED) is 0.762. The van der Waals surface area contributed by atoms with Gasteiger partial charge in [-0.05, 0) is 25.5 Å². The molecule has 0 N–H and O–H groups in total. The number of carbonyl (C=O) groups is 1. The second kappa shape index (κ2) is 6.83. The van der Waals surface area contributed by atoms with Crippen LogP contribution < -0.4 is 0 Å². The van der Waals surface area contributed by atoms with Gasteiger partial charge in [0, 0.05) is 17.4 Å². The fraction of sp³-hybridized carbons (Fsp3) is 0.462. The number of rotatable bonds is 5. The minimum absolute atomic E-state index is 0.274. The number of nitrogens with zero attached hydrogens (tertiary/aromatic N) is 1. The molecular weight excluding hydrogens is 304 g/mol. The van der Waals surface area contributed by atoms with Gasteiger partial charge in [-0.2, -0.15) is 0 Å². The van der Waals surface area contributed by atoms with Crippen LogP contribution in [0.2, 0.25) is 0 Å².